The second-order valence-corrected chi connectivity index (χ2v) is 2.80. The minimum atomic E-state index is -0.110. The van der Waals surface area contributed by atoms with Crippen LogP contribution in [0.4, 0.5) is 5.69 Å². The van der Waals surface area contributed by atoms with Crippen LogP contribution in [0.3, 0.4) is 0 Å². The molecule has 0 aliphatic rings. The van der Waals surface area contributed by atoms with E-state index in [2.05, 4.69) is 5.32 Å². The fourth-order valence-corrected chi connectivity index (χ4v) is 1.07. The smallest absolute Gasteiger partial charge is 0.221 e. The molecule has 1 aromatic carbocycles. The van der Waals surface area contributed by atoms with Gasteiger partial charge in [0.2, 0.25) is 5.91 Å². The van der Waals surface area contributed by atoms with Gasteiger partial charge in [0, 0.05) is 12.6 Å². The molecule has 0 atom stereocenters. The molecular formula is C11H11NO2. The highest BCUT2D eigenvalue weighted by Gasteiger charge is 1.94. The molecule has 0 aliphatic carbocycles. The molecule has 0 saturated carbocycles. The molecule has 1 N–H and O–H groups in total. The molecule has 1 amide bonds. The third kappa shape index (κ3) is 3.23. The molecule has 3 heteroatoms. The van der Waals surface area contributed by atoms with E-state index in [1.807, 2.05) is 12.1 Å². The van der Waals surface area contributed by atoms with Crippen molar-refractivity contribution in [1.82, 2.24) is 0 Å². The molecule has 0 heterocycles. The van der Waals surface area contributed by atoms with Crippen molar-refractivity contribution in [2.24, 2.45) is 0 Å². The normalized spacial score (nSPS) is 10.1. The molecule has 0 unspecified atom stereocenters. The van der Waals surface area contributed by atoms with Gasteiger partial charge in [0.15, 0.2) is 0 Å². The monoisotopic (exact) mass is 189 g/mol. The van der Waals surface area contributed by atoms with Crippen LogP contribution in [-0.4, -0.2) is 12.2 Å². The third-order valence-corrected chi connectivity index (χ3v) is 1.57. The van der Waals surface area contributed by atoms with Gasteiger partial charge < -0.3 is 5.32 Å². The van der Waals surface area contributed by atoms with Gasteiger partial charge >= 0.3 is 0 Å². The van der Waals surface area contributed by atoms with E-state index < -0.39 is 0 Å². The lowest BCUT2D eigenvalue weighted by Crippen LogP contribution is -2.05. The summed E-state index contributed by atoms with van der Waals surface area (Å²) in [7, 11) is 0. The van der Waals surface area contributed by atoms with Crippen molar-refractivity contribution in [3.05, 3.63) is 35.9 Å². The molecule has 3 nitrogen and oxygen atoms in total. The first-order chi connectivity index (χ1) is 6.72. The number of nitrogens with one attached hydrogen (secondary N) is 1. The van der Waals surface area contributed by atoms with E-state index in [1.54, 1.807) is 18.2 Å². The number of carbonyl (C=O) groups is 2. The minimum absolute atomic E-state index is 0.110. The largest absolute Gasteiger partial charge is 0.326 e. The van der Waals surface area contributed by atoms with E-state index in [9.17, 15) is 9.59 Å². The van der Waals surface area contributed by atoms with Crippen LogP contribution < -0.4 is 5.32 Å². The van der Waals surface area contributed by atoms with Crippen LogP contribution in [0.2, 0.25) is 0 Å². The highest BCUT2D eigenvalue weighted by molar-refractivity contribution is 5.89. The minimum Gasteiger partial charge on any atom is -0.326 e. The van der Waals surface area contributed by atoms with Crippen LogP contribution >= 0.6 is 0 Å². The number of hydrogen-bond acceptors (Lipinski definition) is 2. The van der Waals surface area contributed by atoms with Gasteiger partial charge in [0.25, 0.3) is 0 Å². The second-order valence-electron chi connectivity index (χ2n) is 2.80. The predicted molar refractivity (Wildman–Crippen MR) is 55.8 cm³/mol. The first-order valence-corrected chi connectivity index (χ1v) is 4.22. The van der Waals surface area contributed by atoms with Gasteiger partial charge in [-0.05, 0) is 23.8 Å². The zero-order valence-electron chi connectivity index (χ0n) is 7.86. The van der Waals surface area contributed by atoms with E-state index in [0.29, 0.717) is 6.29 Å². The Hall–Kier alpha value is -1.90. The Morgan fingerprint density at radius 2 is 2.21 bits per heavy atom. The van der Waals surface area contributed by atoms with Crippen LogP contribution in [0.15, 0.2) is 30.3 Å². The molecule has 0 radical (unpaired) electrons. The van der Waals surface area contributed by atoms with Gasteiger partial charge in [0.05, 0.1) is 0 Å². The summed E-state index contributed by atoms with van der Waals surface area (Å²) in [4.78, 5) is 20.8. The first kappa shape index (κ1) is 10.2. The van der Waals surface area contributed by atoms with Crippen molar-refractivity contribution in [2.75, 3.05) is 5.32 Å². The topological polar surface area (TPSA) is 46.2 Å². The number of rotatable bonds is 3. The second kappa shape index (κ2) is 4.97. The molecule has 72 valence electrons. The van der Waals surface area contributed by atoms with Crippen LogP contribution in [0.25, 0.3) is 6.08 Å². The quantitative estimate of drug-likeness (QED) is 0.582. The molecule has 1 aromatic rings. The number of hydrogen-bond donors (Lipinski definition) is 1. The van der Waals surface area contributed by atoms with Crippen molar-refractivity contribution < 1.29 is 9.59 Å². The molecular weight excluding hydrogens is 178 g/mol. The number of amides is 1. The van der Waals surface area contributed by atoms with Gasteiger partial charge in [0.1, 0.15) is 6.29 Å². The summed E-state index contributed by atoms with van der Waals surface area (Å²) in [5.74, 6) is -0.110. The fourth-order valence-electron chi connectivity index (χ4n) is 1.07. The lowest BCUT2D eigenvalue weighted by Gasteiger charge is -2.01. The first-order valence-electron chi connectivity index (χ1n) is 4.22. The Kier molecular flexibility index (Phi) is 3.61. The molecule has 1 rings (SSSR count). The number of benzene rings is 1. The summed E-state index contributed by atoms with van der Waals surface area (Å²) in [6, 6.07) is 7.25. The number of anilines is 1. The zero-order chi connectivity index (χ0) is 10.4. The van der Waals surface area contributed by atoms with Crippen molar-refractivity contribution in [2.45, 2.75) is 6.92 Å². The van der Waals surface area contributed by atoms with Crippen LogP contribution in [-0.2, 0) is 9.59 Å². The van der Waals surface area contributed by atoms with Gasteiger partial charge in [-0.2, -0.15) is 0 Å². The predicted octanol–water partition coefficient (Wildman–Crippen LogP) is 1.86. The SMILES string of the molecule is CC(=O)Nc1cccc(C=CC=O)c1. The lowest BCUT2D eigenvalue weighted by molar-refractivity contribution is -0.114. The Labute approximate surface area is 82.4 Å². The van der Waals surface area contributed by atoms with Crippen LogP contribution in [0.5, 0.6) is 0 Å². The third-order valence-electron chi connectivity index (χ3n) is 1.57. The summed E-state index contributed by atoms with van der Waals surface area (Å²) in [5, 5.41) is 2.66. The van der Waals surface area contributed by atoms with Crippen LogP contribution in [0.1, 0.15) is 12.5 Å². The Bertz CT molecular complexity index is 369. The molecule has 0 bridgehead atoms. The van der Waals surface area contributed by atoms with E-state index in [0.717, 1.165) is 11.3 Å². The van der Waals surface area contributed by atoms with Crippen molar-refractivity contribution in [3.8, 4) is 0 Å². The standard InChI is InChI=1S/C11H11NO2/c1-9(14)12-11-6-2-4-10(8-11)5-3-7-13/h2-8H,1H3,(H,12,14). The van der Waals surface area contributed by atoms with Gasteiger partial charge in [-0.1, -0.05) is 18.2 Å². The number of allylic oxidation sites excluding steroid dienone is 1. The summed E-state index contributed by atoms with van der Waals surface area (Å²) in [5.41, 5.74) is 1.61. The number of aldehydes is 1. The van der Waals surface area contributed by atoms with Gasteiger partial charge in [-0.15, -0.1) is 0 Å². The van der Waals surface area contributed by atoms with Crippen LogP contribution in [0, 0.1) is 0 Å². The molecule has 0 aromatic heterocycles. The average Bonchev–Trinajstić information content (AvgIpc) is 2.14. The maximum absolute atomic E-state index is 10.8. The Morgan fingerprint density at radius 1 is 1.43 bits per heavy atom. The van der Waals surface area contributed by atoms with Crippen molar-refractivity contribution in [3.63, 3.8) is 0 Å². The number of carbonyl (C=O) groups excluding carboxylic acids is 2. The maximum atomic E-state index is 10.8. The summed E-state index contributed by atoms with van der Waals surface area (Å²) < 4.78 is 0. The van der Waals surface area contributed by atoms with E-state index >= 15 is 0 Å². The molecule has 0 spiro atoms. The highest BCUT2D eigenvalue weighted by Crippen LogP contribution is 2.11. The molecule has 0 fully saturated rings. The summed E-state index contributed by atoms with van der Waals surface area (Å²) >= 11 is 0. The Morgan fingerprint density at radius 3 is 2.86 bits per heavy atom. The van der Waals surface area contributed by atoms with Crippen molar-refractivity contribution in [1.29, 1.82) is 0 Å². The summed E-state index contributed by atoms with van der Waals surface area (Å²) in [6.07, 6.45) is 3.80. The van der Waals surface area contributed by atoms with Crippen molar-refractivity contribution >= 4 is 24.0 Å². The molecule has 0 saturated heterocycles. The Balaban J connectivity index is 2.83. The van der Waals surface area contributed by atoms with E-state index in [-0.39, 0.29) is 5.91 Å². The summed E-state index contributed by atoms with van der Waals surface area (Å²) in [6.45, 7) is 1.45. The van der Waals surface area contributed by atoms with Gasteiger partial charge in [-0.25, -0.2) is 0 Å². The lowest BCUT2D eigenvalue weighted by atomic mass is 10.2. The average molecular weight is 189 g/mol. The maximum Gasteiger partial charge on any atom is 0.221 e. The molecule has 0 aliphatic heterocycles. The zero-order valence-corrected chi connectivity index (χ0v) is 7.86. The van der Waals surface area contributed by atoms with E-state index in [4.69, 9.17) is 0 Å². The fraction of sp³-hybridized carbons (Fsp3) is 0.0909. The van der Waals surface area contributed by atoms with E-state index in [1.165, 1.54) is 13.0 Å². The molecule has 14 heavy (non-hydrogen) atoms. The van der Waals surface area contributed by atoms with Gasteiger partial charge in [-0.3, -0.25) is 9.59 Å². The highest BCUT2D eigenvalue weighted by atomic mass is 16.1.